The van der Waals surface area contributed by atoms with E-state index in [1.165, 1.54) is 5.56 Å². The van der Waals surface area contributed by atoms with E-state index >= 15 is 0 Å². The molecule has 0 aliphatic rings. The molecule has 0 atom stereocenters. The summed E-state index contributed by atoms with van der Waals surface area (Å²) in [5.74, 6) is 0. The van der Waals surface area contributed by atoms with Crippen molar-refractivity contribution in [3.63, 3.8) is 0 Å². The van der Waals surface area contributed by atoms with E-state index in [0.717, 1.165) is 14.6 Å². The Bertz CT molecular complexity index is 346. The highest BCUT2D eigenvalue weighted by Crippen LogP contribution is 2.32. The van der Waals surface area contributed by atoms with Crippen LogP contribution in [0.4, 0.5) is 5.69 Å². The molecule has 0 amide bonds. The molecule has 0 saturated heterocycles. The molecule has 14 heavy (non-hydrogen) atoms. The third-order valence-corrected chi connectivity index (χ3v) is 2.98. The summed E-state index contributed by atoms with van der Waals surface area (Å²) in [6.07, 6.45) is 0.507. The Morgan fingerprint density at radius 2 is 1.93 bits per heavy atom. The molecule has 0 spiro atoms. The molecule has 1 aromatic rings. The second-order valence-electron chi connectivity index (χ2n) is 2.94. The molecule has 1 aromatic carbocycles. The van der Waals surface area contributed by atoms with Crippen molar-refractivity contribution in [3.8, 4) is 6.07 Å². The normalized spacial score (nSPS) is 9.57. The lowest BCUT2D eigenvalue weighted by molar-refractivity contribution is 1.07. The van der Waals surface area contributed by atoms with Crippen molar-refractivity contribution >= 4 is 37.5 Å². The monoisotopic (exact) mass is 316 g/mol. The summed E-state index contributed by atoms with van der Waals surface area (Å²) in [5.41, 5.74) is 2.19. The number of hydrogen-bond acceptors (Lipinski definition) is 2. The van der Waals surface area contributed by atoms with E-state index in [4.69, 9.17) is 5.26 Å². The first-order valence-corrected chi connectivity index (χ1v) is 5.80. The number of nitriles is 1. The molecule has 0 radical (unpaired) electrons. The van der Waals surface area contributed by atoms with Crippen molar-refractivity contribution in [3.05, 3.63) is 26.6 Å². The molecule has 1 rings (SSSR count). The summed E-state index contributed by atoms with van der Waals surface area (Å²) in [6, 6.07) is 6.18. The fourth-order valence-electron chi connectivity index (χ4n) is 1.11. The van der Waals surface area contributed by atoms with Crippen LogP contribution in [0.25, 0.3) is 0 Å². The molecule has 0 heterocycles. The maximum Gasteiger partial charge on any atom is 0.0640 e. The van der Waals surface area contributed by atoms with Crippen molar-refractivity contribution in [2.24, 2.45) is 0 Å². The summed E-state index contributed by atoms with van der Waals surface area (Å²) < 4.78 is 2.03. The zero-order valence-electron chi connectivity index (χ0n) is 7.77. The minimum atomic E-state index is 0.507. The van der Waals surface area contributed by atoms with Gasteiger partial charge in [-0.05, 0) is 56.5 Å². The minimum Gasteiger partial charge on any atom is -0.382 e. The zero-order valence-corrected chi connectivity index (χ0v) is 10.9. The fraction of sp³-hybridized carbons (Fsp3) is 0.300. The molecular formula is C10H10Br2N2. The molecule has 0 unspecified atom stereocenters. The Labute approximate surface area is 101 Å². The Balaban J connectivity index is 2.81. The van der Waals surface area contributed by atoms with Crippen molar-refractivity contribution in [2.45, 2.75) is 13.3 Å². The van der Waals surface area contributed by atoms with Crippen LogP contribution in [0.1, 0.15) is 12.0 Å². The molecule has 2 nitrogen and oxygen atoms in total. The van der Waals surface area contributed by atoms with Gasteiger partial charge in [0.2, 0.25) is 0 Å². The quantitative estimate of drug-likeness (QED) is 0.860. The largest absolute Gasteiger partial charge is 0.382 e. The Morgan fingerprint density at radius 1 is 1.36 bits per heavy atom. The number of nitrogens with zero attached hydrogens (tertiary/aromatic N) is 1. The maximum atomic E-state index is 8.41. The van der Waals surface area contributed by atoms with Crippen LogP contribution < -0.4 is 5.32 Å². The van der Waals surface area contributed by atoms with Gasteiger partial charge in [-0.2, -0.15) is 5.26 Å². The van der Waals surface area contributed by atoms with Gasteiger partial charge in [-0.3, -0.25) is 0 Å². The molecule has 0 fully saturated rings. The van der Waals surface area contributed by atoms with Crippen LogP contribution in [0.2, 0.25) is 0 Å². The van der Waals surface area contributed by atoms with E-state index < -0.39 is 0 Å². The van der Waals surface area contributed by atoms with Crippen molar-refractivity contribution in [2.75, 3.05) is 11.9 Å². The van der Waals surface area contributed by atoms with Gasteiger partial charge in [0.15, 0.2) is 0 Å². The van der Waals surface area contributed by atoms with Crippen LogP contribution in [0.3, 0.4) is 0 Å². The Kier molecular flexibility index (Phi) is 4.43. The highest BCUT2D eigenvalue weighted by Gasteiger charge is 2.04. The maximum absolute atomic E-state index is 8.41. The number of hydrogen-bond donors (Lipinski definition) is 1. The van der Waals surface area contributed by atoms with E-state index in [0.29, 0.717) is 13.0 Å². The van der Waals surface area contributed by atoms with E-state index in [-0.39, 0.29) is 0 Å². The van der Waals surface area contributed by atoms with Crippen molar-refractivity contribution in [1.29, 1.82) is 5.26 Å². The molecule has 0 aromatic heterocycles. The van der Waals surface area contributed by atoms with Crippen LogP contribution in [0, 0.1) is 18.3 Å². The number of benzene rings is 1. The van der Waals surface area contributed by atoms with Crippen molar-refractivity contribution < 1.29 is 0 Å². The van der Waals surface area contributed by atoms with Crippen LogP contribution in [0.5, 0.6) is 0 Å². The first-order chi connectivity index (χ1) is 6.65. The molecule has 0 bridgehead atoms. The smallest absolute Gasteiger partial charge is 0.0640 e. The summed E-state index contributed by atoms with van der Waals surface area (Å²) in [7, 11) is 0. The molecule has 4 heteroatoms. The third-order valence-electron chi connectivity index (χ3n) is 1.73. The van der Waals surface area contributed by atoms with Gasteiger partial charge in [0, 0.05) is 15.5 Å². The van der Waals surface area contributed by atoms with Gasteiger partial charge < -0.3 is 5.32 Å². The van der Waals surface area contributed by atoms with Gasteiger partial charge in [-0.15, -0.1) is 0 Å². The number of aryl methyl sites for hydroxylation is 1. The first kappa shape index (κ1) is 11.5. The average Bonchev–Trinajstić information content (AvgIpc) is 2.09. The minimum absolute atomic E-state index is 0.507. The second kappa shape index (κ2) is 5.38. The van der Waals surface area contributed by atoms with E-state index in [2.05, 4.69) is 43.2 Å². The van der Waals surface area contributed by atoms with Gasteiger partial charge >= 0.3 is 0 Å². The lowest BCUT2D eigenvalue weighted by atomic mass is 10.2. The summed E-state index contributed by atoms with van der Waals surface area (Å²) in [5, 5.41) is 11.6. The molecule has 74 valence electrons. The topological polar surface area (TPSA) is 35.8 Å². The average molecular weight is 318 g/mol. The van der Waals surface area contributed by atoms with Gasteiger partial charge in [0.05, 0.1) is 18.2 Å². The predicted octanol–water partition coefficient (Wildman–Crippen LogP) is 3.85. The Hall–Kier alpha value is -0.530. The fourth-order valence-corrected chi connectivity index (χ4v) is 2.81. The second-order valence-corrected chi connectivity index (χ2v) is 4.65. The predicted molar refractivity (Wildman–Crippen MR) is 65.3 cm³/mol. The van der Waals surface area contributed by atoms with Crippen molar-refractivity contribution in [1.82, 2.24) is 0 Å². The van der Waals surface area contributed by atoms with Gasteiger partial charge in [0.25, 0.3) is 0 Å². The van der Waals surface area contributed by atoms with Gasteiger partial charge in [-0.1, -0.05) is 0 Å². The van der Waals surface area contributed by atoms with E-state index in [1.54, 1.807) is 0 Å². The standard InChI is InChI=1S/C10H10Br2N2/c1-7-5-8(11)10(9(12)6-7)14-4-2-3-13/h5-6,14H,2,4H2,1H3. The van der Waals surface area contributed by atoms with Crippen LogP contribution >= 0.6 is 31.9 Å². The number of rotatable bonds is 3. The molecule has 0 aliphatic carbocycles. The summed E-state index contributed by atoms with van der Waals surface area (Å²) in [4.78, 5) is 0. The van der Waals surface area contributed by atoms with E-state index in [1.807, 2.05) is 19.1 Å². The number of halogens is 2. The van der Waals surface area contributed by atoms with Gasteiger partial charge in [0.1, 0.15) is 0 Å². The van der Waals surface area contributed by atoms with E-state index in [9.17, 15) is 0 Å². The lowest BCUT2D eigenvalue weighted by Crippen LogP contribution is -2.02. The number of anilines is 1. The molecule has 0 saturated carbocycles. The molecular weight excluding hydrogens is 308 g/mol. The van der Waals surface area contributed by atoms with Crippen LogP contribution in [0.15, 0.2) is 21.1 Å². The first-order valence-electron chi connectivity index (χ1n) is 4.21. The Morgan fingerprint density at radius 3 is 2.43 bits per heavy atom. The lowest BCUT2D eigenvalue weighted by Gasteiger charge is -2.10. The highest BCUT2D eigenvalue weighted by atomic mass is 79.9. The van der Waals surface area contributed by atoms with Crippen LogP contribution in [-0.4, -0.2) is 6.54 Å². The highest BCUT2D eigenvalue weighted by molar-refractivity contribution is 9.11. The third kappa shape index (κ3) is 3.00. The molecule has 1 N–H and O–H groups in total. The summed E-state index contributed by atoms with van der Waals surface area (Å²) in [6.45, 7) is 2.70. The zero-order chi connectivity index (χ0) is 10.6. The van der Waals surface area contributed by atoms with Gasteiger partial charge in [-0.25, -0.2) is 0 Å². The molecule has 0 aliphatic heterocycles. The number of nitrogens with one attached hydrogen (secondary N) is 1. The SMILES string of the molecule is Cc1cc(Br)c(NCCC#N)c(Br)c1. The van der Waals surface area contributed by atoms with Crippen LogP contribution in [-0.2, 0) is 0 Å². The summed E-state index contributed by atoms with van der Waals surface area (Å²) >= 11 is 6.95.